The normalized spacial score (nSPS) is 13.8. The van der Waals surface area contributed by atoms with Gasteiger partial charge in [0.1, 0.15) is 0 Å². The van der Waals surface area contributed by atoms with E-state index in [1.807, 2.05) is 13.8 Å². The van der Waals surface area contributed by atoms with Crippen LogP contribution in [-0.2, 0) is 12.8 Å². The first-order valence-electron chi connectivity index (χ1n) is 12.7. The van der Waals surface area contributed by atoms with Gasteiger partial charge in [0.25, 0.3) is 0 Å². The van der Waals surface area contributed by atoms with E-state index in [2.05, 4.69) is 98.2 Å². The third-order valence-corrected chi connectivity index (χ3v) is 7.79. The Bertz CT molecular complexity index is 2020. The van der Waals surface area contributed by atoms with Crippen molar-refractivity contribution >= 4 is 55.2 Å². The maximum atomic E-state index is 3.48. The number of benzene rings is 5. The number of fused-ring (bicyclic) bond motifs is 6. The van der Waals surface area contributed by atoms with E-state index in [0.29, 0.717) is 0 Å². The lowest BCUT2D eigenvalue weighted by atomic mass is 9.87. The molecule has 5 aromatic rings. The van der Waals surface area contributed by atoms with E-state index in [9.17, 15) is 0 Å². The molecular weight excluding hydrogens is 432 g/mol. The first kappa shape index (κ1) is 21.1. The van der Waals surface area contributed by atoms with Crippen molar-refractivity contribution in [2.45, 2.75) is 40.5 Å². The van der Waals surface area contributed by atoms with Gasteiger partial charge in [-0.25, -0.2) is 0 Å². The molecule has 0 spiro atoms. The highest BCUT2D eigenvalue weighted by atomic mass is 14.2. The summed E-state index contributed by atoms with van der Waals surface area (Å²) in [7, 11) is 0. The molecule has 0 fully saturated rings. The fraction of sp³-hybridized carbons (Fsp3) is 0.167. The van der Waals surface area contributed by atoms with Crippen molar-refractivity contribution in [1.29, 1.82) is 0 Å². The van der Waals surface area contributed by atoms with E-state index >= 15 is 0 Å². The van der Waals surface area contributed by atoms with E-state index in [4.69, 9.17) is 0 Å². The molecule has 0 saturated carbocycles. The minimum Gasteiger partial charge on any atom is -0.101 e. The molecule has 0 aromatic heterocycles. The second-order valence-corrected chi connectivity index (χ2v) is 10.4. The number of hydrogen-bond donors (Lipinski definition) is 0. The van der Waals surface area contributed by atoms with E-state index in [1.54, 1.807) is 0 Å². The standard InChI is InChI=1S/C36H26/c1-5-7-31-33-17-25-11-22(4)12-26(25)18-34(33)32(8-6-2)36-20-30-16-28-14-24-10-21(3)9-23(24)13-27(28)15-29(30)19-35(31)36/h9,11,13-20H,10,12H2,1-4H3. The van der Waals surface area contributed by atoms with E-state index < -0.39 is 0 Å². The number of rotatable bonds is 0. The fourth-order valence-electron chi connectivity index (χ4n) is 6.27. The predicted octanol–water partition coefficient (Wildman–Crippen LogP) is 8.96. The molecule has 0 amide bonds. The summed E-state index contributed by atoms with van der Waals surface area (Å²) in [5.74, 6) is 13.4. The summed E-state index contributed by atoms with van der Waals surface area (Å²) >= 11 is 0. The van der Waals surface area contributed by atoms with Gasteiger partial charge < -0.3 is 0 Å². The SMILES string of the molecule is CC#Cc1c2cc3c(cc2c(C#CC)c2cc4cc5cc6c(cc5cc4cc12)C=C(C)C6)CC(C)=C3. The van der Waals surface area contributed by atoms with Gasteiger partial charge in [0, 0.05) is 11.1 Å². The first-order chi connectivity index (χ1) is 17.5. The van der Waals surface area contributed by atoms with E-state index in [0.717, 1.165) is 24.0 Å². The minimum atomic E-state index is 1.01. The highest BCUT2D eigenvalue weighted by molar-refractivity contribution is 6.15. The summed E-state index contributed by atoms with van der Waals surface area (Å²) in [4.78, 5) is 0. The average molecular weight is 459 g/mol. The van der Waals surface area contributed by atoms with Crippen molar-refractivity contribution in [3.05, 3.63) is 93.1 Å². The van der Waals surface area contributed by atoms with Gasteiger partial charge in [0.15, 0.2) is 0 Å². The van der Waals surface area contributed by atoms with E-state index in [1.165, 1.54) is 76.5 Å². The minimum absolute atomic E-state index is 1.01. The second-order valence-electron chi connectivity index (χ2n) is 10.4. The molecule has 170 valence electrons. The summed E-state index contributed by atoms with van der Waals surface area (Å²) < 4.78 is 0. The Morgan fingerprint density at radius 2 is 0.944 bits per heavy atom. The van der Waals surface area contributed by atoms with Crippen LogP contribution in [0.25, 0.3) is 55.2 Å². The fourth-order valence-corrected chi connectivity index (χ4v) is 6.27. The Morgan fingerprint density at radius 1 is 0.500 bits per heavy atom. The van der Waals surface area contributed by atoms with Crippen LogP contribution in [0.5, 0.6) is 0 Å². The van der Waals surface area contributed by atoms with Crippen LogP contribution in [0.1, 0.15) is 61.1 Å². The van der Waals surface area contributed by atoms with Gasteiger partial charge in [0.05, 0.1) is 0 Å². The van der Waals surface area contributed by atoms with Crippen LogP contribution in [0.3, 0.4) is 0 Å². The van der Waals surface area contributed by atoms with Crippen molar-refractivity contribution in [3.63, 3.8) is 0 Å². The monoisotopic (exact) mass is 458 g/mol. The molecule has 0 heteroatoms. The van der Waals surface area contributed by atoms with Crippen molar-refractivity contribution in [2.75, 3.05) is 0 Å². The van der Waals surface area contributed by atoms with Crippen LogP contribution in [0.15, 0.2) is 59.7 Å². The first-order valence-corrected chi connectivity index (χ1v) is 12.7. The van der Waals surface area contributed by atoms with Gasteiger partial charge in [0.2, 0.25) is 0 Å². The third-order valence-electron chi connectivity index (χ3n) is 7.79. The quantitative estimate of drug-likeness (QED) is 0.160. The smallest absolute Gasteiger partial charge is 0.0403 e. The zero-order chi connectivity index (χ0) is 24.6. The summed E-state index contributed by atoms with van der Waals surface area (Å²) in [5.41, 5.74) is 10.6. The molecule has 5 aromatic carbocycles. The Hall–Kier alpha value is -4.26. The van der Waals surface area contributed by atoms with Gasteiger partial charge in [-0.15, -0.1) is 11.8 Å². The van der Waals surface area contributed by atoms with Gasteiger partial charge >= 0.3 is 0 Å². The number of hydrogen-bond acceptors (Lipinski definition) is 0. The molecule has 36 heavy (non-hydrogen) atoms. The molecule has 0 heterocycles. The molecule has 2 aliphatic rings. The highest BCUT2D eigenvalue weighted by Gasteiger charge is 2.18. The Morgan fingerprint density at radius 3 is 1.53 bits per heavy atom. The van der Waals surface area contributed by atoms with Gasteiger partial charge in [-0.2, -0.15) is 0 Å². The van der Waals surface area contributed by atoms with Crippen LogP contribution in [0.2, 0.25) is 0 Å². The second kappa shape index (κ2) is 7.62. The Kier molecular flexibility index (Phi) is 4.46. The lowest BCUT2D eigenvalue weighted by Crippen LogP contribution is -1.94. The topological polar surface area (TPSA) is 0 Å². The van der Waals surface area contributed by atoms with Crippen molar-refractivity contribution < 1.29 is 0 Å². The zero-order valence-electron chi connectivity index (χ0n) is 21.2. The lowest BCUT2D eigenvalue weighted by molar-refractivity contribution is 1.20. The maximum absolute atomic E-state index is 3.48. The van der Waals surface area contributed by atoms with Crippen molar-refractivity contribution in [1.82, 2.24) is 0 Å². The molecule has 0 aliphatic heterocycles. The molecule has 0 bridgehead atoms. The van der Waals surface area contributed by atoms with Gasteiger partial charge in [-0.05, 0) is 148 Å². The summed E-state index contributed by atoms with van der Waals surface area (Å²) in [5, 5.41) is 9.92. The molecule has 0 nitrogen and oxygen atoms in total. The highest BCUT2D eigenvalue weighted by Crippen LogP contribution is 2.40. The van der Waals surface area contributed by atoms with Gasteiger partial charge in [-0.1, -0.05) is 41.2 Å². The largest absolute Gasteiger partial charge is 0.101 e. The maximum Gasteiger partial charge on any atom is 0.0403 e. The lowest BCUT2D eigenvalue weighted by Gasteiger charge is -2.15. The van der Waals surface area contributed by atoms with Gasteiger partial charge in [-0.3, -0.25) is 0 Å². The Balaban J connectivity index is 1.62. The van der Waals surface area contributed by atoms with Crippen molar-refractivity contribution in [3.8, 4) is 23.7 Å². The number of allylic oxidation sites excluding steroid dienone is 2. The van der Waals surface area contributed by atoms with Crippen LogP contribution in [0, 0.1) is 23.7 Å². The average Bonchev–Trinajstić information content (AvgIpc) is 3.40. The predicted molar refractivity (Wildman–Crippen MR) is 156 cm³/mol. The Labute approximate surface area is 212 Å². The summed E-state index contributed by atoms with van der Waals surface area (Å²) in [6.45, 7) is 8.30. The molecule has 7 rings (SSSR count). The van der Waals surface area contributed by atoms with Crippen LogP contribution < -0.4 is 0 Å². The van der Waals surface area contributed by atoms with Crippen molar-refractivity contribution in [2.24, 2.45) is 0 Å². The molecule has 0 atom stereocenters. The summed E-state index contributed by atoms with van der Waals surface area (Å²) in [6.07, 6.45) is 6.71. The van der Waals surface area contributed by atoms with E-state index in [-0.39, 0.29) is 0 Å². The molecule has 0 saturated heterocycles. The molecule has 0 radical (unpaired) electrons. The molecule has 0 unspecified atom stereocenters. The van der Waals surface area contributed by atoms with Crippen LogP contribution in [-0.4, -0.2) is 0 Å². The molecule has 2 aliphatic carbocycles. The summed E-state index contributed by atoms with van der Waals surface area (Å²) in [6, 6.07) is 18.8. The van der Waals surface area contributed by atoms with Crippen LogP contribution in [0.4, 0.5) is 0 Å². The van der Waals surface area contributed by atoms with Crippen LogP contribution >= 0.6 is 0 Å². The molecule has 0 N–H and O–H groups in total. The zero-order valence-corrected chi connectivity index (χ0v) is 21.2. The molecular formula is C36H26. The third kappa shape index (κ3) is 3.05.